The molecule has 1 N–H and O–H groups in total. The van der Waals surface area contributed by atoms with Gasteiger partial charge in [0.2, 0.25) is 10.0 Å². The van der Waals surface area contributed by atoms with Crippen molar-refractivity contribution >= 4 is 27.3 Å². The molecule has 1 aromatic heterocycles. The number of aryl methyl sites for hydroxylation is 1. The highest BCUT2D eigenvalue weighted by molar-refractivity contribution is 7.93. The molecule has 0 unspecified atom stereocenters. The third-order valence-corrected chi connectivity index (χ3v) is 4.50. The molecular weight excluding hydrogens is 236 g/mol. The summed E-state index contributed by atoms with van der Waals surface area (Å²) in [7, 11) is -3.20. The van der Waals surface area contributed by atoms with Crippen LogP contribution in [0.3, 0.4) is 0 Å². The minimum atomic E-state index is -3.20. The number of anilines is 1. The van der Waals surface area contributed by atoms with Crippen LogP contribution in [0.15, 0.2) is 12.3 Å². The average Bonchev–Trinajstić information content (AvgIpc) is 2.93. The number of rotatable bonds is 3. The van der Waals surface area contributed by atoms with Crippen molar-refractivity contribution in [3.05, 3.63) is 23.0 Å². The monoisotopic (exact) mass is 246 g/mol. The number of nitrogens with zero attached hydrogens (tertiary/aromatic N) is 1. The molecule has 0 radical (unpaired) electrons. The van der Waals surface area contributed by atoms with Crippen LogP contribution in [0.25, 0.3) is 0 Å². The summed E-state index contributed by atoms with van der Waals surface area (Å²) in [6, 6.07) is 1.68. The highest BCUT2D eigenvalue weighted by Gasteiger charge is 2.35. The van der Waals surface area contributed by atoms with E-state index in [1.54, 1.807) is 13.0 Å². The molecule has 2 rings (SSSR count). The third kappa shape index (κ3) is 2.41. The van der Waals surface area contributed by atoms with Crippen LogP contribution >= 0.6 is 11.6 Å². The van der Waals surface area contributed by atoms with E-state index >= 15 is 0 Å². The fraction of sp³-hybridized carbons (Fsp3) is 0.444. The van der Waals surface area contributed by atoms with Crippen molar-refractivity contribution < 1.29 is 8.42 Å². The first-order valence-electron chi connectivity index (χ1n) is 4.63. The van der Waals surface area contributed by atoms with Gasteiger partial charge in [-0.2, -0.15) is 0 Å². The second-order valence-corrected chi connectivity index (χ2v) is 6.00. The molecule has 82 valence electrons. The van der Waals surface area contributed by atoms with Gasteiger partial charge in [-0.25, -0.2) is 13.4 Å². The SMILES string of the molecule is Cc1cc(NS(=O)(=O)C2CC2)cnc1Cl. The van der Waals surface area contributed by atoms with Crippen LogP contribution in [0, 0.1) is 6.92 Å². The maximum atomic E-state index is 11.6. The quantitative estimate of drug-likeness (QED) is 0.830. The lowest BCUT2D eigenvalue weighted by Gasteiger charge is -2.07. The van der Waals surface area contributed by atoms with Crippen molar-refractivity contribution in [1.82, 2.24) is 4.98 Å². The van der Waals surface area contributed by atoms with Gasteiger partial charge in [0, 0.05) is 0 Å². The van der Waals surface area contributed by atoms with Gasteiger partial charge in [0.1, 0.15) is 5.15 Å². The molecule has 1 aromatic rings. The van der Waals surface area contributed by atoms with Crippen molar-refractivity contribution in [1.29, 1.82) is 0 Å². The molecule has 1 fully saturated rings. The molecule has 1 heterocycles. The Morgan fingerprint density at radius 3 is 2.73 bits per heavy atom. The Labute approximate surface area is 93.7 Å². The summed E-state index contributed by atoms with van der Waals surface area (Å²) in [5, 5.41) is 0.165. The van der Waals surface area contributed by atoms with Crippen LogP contribution in [-0.2, 0) is 10.0 Å². The van der Waals surface area contributed by atoms with E-state index in [0.717, 1.165) is 18.4 Å². The Bertz CT molecular complexity index is 483. The number of pyridine rings is 1. The predicted octanol–water partition coefficient (Wildman–Crippen LogP) is 1.95. The number of aromatic nitrogens is 1. The number of hydrogen-bond donors (Lipinski definition) is 1. The number of sulfonamides is 1. The number of hydrogen-bond acceptors (Lipinski definition) is 3. The van der Waals surface area contributed by atoms with Crippen LogP contribution < -0.4 is 4.72 Å². The van der Waals surface area contributed by atoms with Gasteiger partial charge in [-0.1, -0.05) is 11.6 Å². The van der Waals surface area contributed by atoms with E-state index in [4.69, 9.17) is 11.6 Å². The van der Waals surface area contributed by atoms with Crippen molar-refractivity contribution in [2.45, 2.75) is 25.0 Å². The topological polar surface area (TPSA) is 59.1 Å². The molecule has 4 nitrogen and oxygen atoms in total. The zero-order valence-corrected chi connectivity index (χ0v) is 9.77. The van der Waals surface area contributed by atoms with E-state index in [0.29, 0.717) is 10.8 Å². The molecule has 15 heavy (non-hydrogen) atoms. The van der Waals surface area contributed by atoms with Crippen molar-refractivity contribution in [3.8, 4) is 0 Å². The minimum absolute atomic E-state index is 0.228. The first-order chi connectivity index (χ1) is 6.99. The van der Waals surface area contributed by atoms with Crippen LogP contribution in [0.4, 0.5) is 5.69 Å². The number of halogens is 1. The van der Waals surface area contributed by atoms with E-state index in [1.165, 1.54) is 6.20 Å². The third-order valence-electron chi connectivity index (χ3n) is 2.24. The lowest BCUT2D eigenvalue weighted by molar-refractivity contribution is 0.600. The van der Waals surface area contributed by atoms with E-state index < -0.39 is 10.0 Å². The number of nitrogens with one attached hydrogen (secondary N) is 1. The van der Waals surface area contributed by atoms with E-state index in [2.05, 4.69) is 9.71 Å². The molecule has 1 aliphatic rings. The van der Waals surface area contributed by atoms with Crippen molar-refractivity contribution in [2.24, 2.45) is 0 Å². The van der Waals surface area contributed by atoms with Gasteiger partial charge in [0.25, 0.3) is 0 Å². The summed E-state index contributed by atoms with van der Waals surface area (Å²) >= 11 is 5.74. The second-order valence-electron chi connectivity index (χ2n) is 3.68. The van der Waals surface area contributed by atoms with E-state index in [9.17, 15) is 8.42 Å². The molecule has 0 spiro atoms. The smallest absolute Gasteiger partial charge is 0.235 e. The first kappa shape index (κ1) is 10.7. The average molecular weight is 247 g/mol. The van der Waals surface area contributed by atoms with E-state index in [-0.39, 0.29) is 5.25 Å². The van der Waals surface area contributed by atoms with Gasteiger partial charge in [0.15, 0.2) is 0 Å². The maximum absolute atomic E-state index is 11.6. The van der Waals surface area contributed by atoms with Crippen molar-refractivity contribution in [3.63, 3.8) is 0 Å². The Kier molecular flexibility index (Phi) is 2.60. The van der Waals surface area contributed by atoms with Crippen LogP contribution in [0.5, 0.6) is 0 Å². The molecule has 1 saturated carbocycles. The standard InChI is InChI=1S/C9H11ClN2O2S/c1-6-4-7(5-11-9(6)10)12-15(13,14)8-2-3-8/h4-5,8,12H,2-3H2,1H3. The highest BCUT2D eigenvalue weighted by Crippen LogP contribution is 2.29. The van der Waals surface area contributed by atoms with Gasteiger partial charge < -0.3 is 0 Å². The molecule has 1 aliphatic carbocycles. The zero-order valence-electron chi connectivity index (χ0n) is 8.20. The summed E-state index contributed by atoms with van der Waals surface area (Å²) in [5.74, 6) is 0. The molecule has 6 heteroatoms. The molecule has 0 aromatic carbocycles. The molecule has 0 atom stereocenters. The Morgan fingerprint density at radius 1 is 1.53 bits per heavy atom. The Morgan fingerprint density at radius 2 is 2.20 bits per heavy atom. The Hall–Kier alpha value is -0.810. The zero-order chi connectivity index (χ0) is 11.1. The highest BCUT2D eigenvalue weighted by atomic mass is 35.5. The van der Waals surface area contributed by atoms with Crippen LogP contribution in [0.1, 0.15) is 18.4 Å². The first-order valence-corrected chi connectivity index (χ1v) is 6.55. The van der Waals surface area contributed by atoms with Crippen LogP contribution in [0.2, 0.25) is 5.15 Å². The van der Waals surface area contributed by atoms with Gasteiger partial charge in [-0.05, 0) is 31.4 Å². The maximum Gasteiger partial charge on any atom is 0.235 e. The molecule has 0 saturated heterocycles. The summed E-state index contributed by atoms with van der Waals surface area (Å²) in [4.78, 5) is 3.88. The summed E-state index contributed by atoms with van der Waals surface area (Å²) in [6.45, 7) is 1.78. The van der Waals surface area contributed by atoms with Crippen LogP contribution in [-0.4, -0.2) is 18.7 Å². The van der Waals surface area contributed by atoms with Gasteiger partial charge in [-0.15, -0.1) is 0 Å². The van der Waals surface area contributed by atoms with Gasteiger partial charge >= 0.3 is 0 Å². The Balaban J connectivity index is 2.21. The minimum Gasteiger partial charge on any atom is -0.282 e. The molecule has 0 amide bonds. The molecule has 0 bridgehead atoms. The lowest BCUT2D eigenvalue weighted by atomic mass is 10.3. The summed E-state index contributed by atoms with van der Waals surface area (Å²) in [6.07, 6.45) is 2.92. The van der Waals surface area contributed by atoms with Gasteiger partial charge in [-0.3, -0.25) is 4.72 Å². The van der Waals surface area contributed by atoms with Gasteiger partial charge in [0.05, 0.1) is 17.1 Å². The summed E-state index contributed by atoms with van der Waals surface area (Å²) < 4.78 is 25.7. The lowest BCUT2D eigenvalue weighted by Crippen LogP contribution is -2.17. The largest absolute Gasteiger partial charge is 0.282 e. The normalized spacial score (nSPS) is 16.4. The fourth-order valence-corrected chi connectivity index (χ4v) is 2.71. The fourth-order valence-electron chi connectivity index (χ4n) is 1.24. The molecule has 0 aliphatic heterocycles. The van der Waals surface area contributed by atoms with E-state index in [1.807, 2.05) is 0 Å². The van der Waals surface area contributed by atoms with Crippen molar-refractivity contribution in [2.75, 3.05) is 4.72 Å². The summed E-state index contributed by atoms with van der Waals surface area (Å²) in [5.41, 5.74) is 1.23. The molecular formula is C9H11ClN2O2S. The second kappa shape index (κ2) is 3.64. The predicted molar refractivity (Wildman–Crippen MR) is 59.5 cm³/mol.